The molecule has 1 aromatic rings. The molecule has 0 radical (unpaired) electrons. The molecule has 6 nitrogen and oxygen atoms in total. The number of halogens is 3. The molecule has 0 aliphatic rings. The highest BCUT2D eigenvalue weighted by Crippen LogP contribution is 2.32. The third-order valence-electron chi connectivity index (χ3n) is 1.50. The van der Waals surface area contributed by atoms with E-state index in [0.29, 0.717) is 0 Å². The molecular weight excluding hydrogens is 221 g/mol. The molecule has 0 atom stereocenters. The average Bonchev–Trinajstić information content (AvgIpc) is 2.12. The van der Waals surface area contributed by atoms with Gasteiger partial charge in [-0.2, -0.15) is 4.39 Å². The lowest BCUT2D eigenvalue weighted by molar-refractivity contribution is -0.424. The Labute approximate surface area is 79.2 Å². The van der Waals surface area contributed by atoms with Gasteiger partial charge in [0.1, 0.15) is 0 Å². The zero-order valence-electron chi connectivity index (χ0n) is 6.74. The first-order chi connectivity index (χ1) is 6.86. The summed E-state index contributed by atoms with van der Waals surface area (Å²) in [6.07, 6.45) is 0. The minimum atomic E-state index is -2.19. The Morgan fingerprint density at radius 1 is 1.00 bits per heavy atom. The molecular formula is C6HF3N2O4. The van der Waals surface area contributed by atoms with Gasteiger partial charge in [0.15, 0.2) is 5.82 Å². The van der Waals surface area contributed by atoms with Gasteiger partial charge in [-0.1, -0.05) is 0 Å². The number of rotatable bonds is 2. The summed E-state index contributed by atoms with van der Waals surface area (Å²) in [5.74, 6) is -6.16. The molecule has 0 fully saturated rings. The molecule has 0 aliphatic heterocycles. The standard InChI is InChI=1S/C6HF3N2O4/c7-2-1-3(10(12)13)6(11(14)15)5(9)4(2)8/h1H. The van der Waals surface area contributed by atoms with E-state index in [2.05, 4.69) is 0 Å². The van der Waals surface area contributed by atoms with Gasteiger partial charge in [0.25, 0.3) is 0 Å². The molecule has 0 unspecified atom stereocenters. The lowest BCUT2D eigenvalue weighted by Crippen LogP contribution is -2.03. The molecule has 0 spiro atoms. The summed E-state index contributed by atoms with van der Waals surface area (Å²) in [6, 6.07) is -0.0451. The third kappa shape index (κ3) is 1.71. The van der Waals surface area contributed by atoms with Crippen molar-refractivity contribution in [1.29, 1.82) is 0 Å². The number of nitro groups is 2. The van der Waals surface area contributed by atoms with Gasteiger partial charge < -0.3 is 0 Å². The van der Waals surface area contributed by atoms with E-state index in [-0.39, 0.29) is 6.07 Å². The second-order valence-electron chi connectivity index (χ2n) is 2.37. The zero-order valence-corrected chi connectivity index (χ0v) is 6.74. The van der Waals surface area contributed by atoms with Crippen molar-refractivity contribution in [1.82, 2.24) is 0 Å². The summed E-state index contributed by atoms with van der Waals surface area (Å²) in [5, 5.41) is 20.4. The van der Waals surface area contributed by atoms with Crippen molar-refractivity contribution in [3.63, 3.8) is 0 Å². The van der Waals surface area contributed by atoms with Crippen LogP contribution in [0.5, 0.6) is 0 Å². The second kappa shape index (κ2) is 3.52. The minimum Gasteiger partial charge on any atom is -0.258 e. The molecule has 9 heteroatoms. The smallest absolute Gasteiger partial charge is 0.258 e. The highest BCUT2D eigenvalue weighted by molar-refractivity contribution is 5.53. The predicted octanol–water partition coefficient (Wildman–Crippen LogP) is 1.92. The van der Waals surface area contributed by atoms with Crippen LogP contribution in [0.4, 0.5) is 24.5 Å². The zero-order chi connectivity index (χ0) is 11.7. The average molecular weight is 222 g/mol. The normalized spacial score (nSPS) is 10.1. The third-order valence-corrected chi connectivity index (χ3v) is 1.50. The molecule has 0 saturated carbocycles. The van der Waals surface area contributed by atoms with E-state index >= 15 is 0 Å². The summed E-state index contributed by atoms with van der Waals surface area (Å²) in [7, 11) is 0. The van der Waals surface area contributed by atoms with Crippen LogP contribution in [0.1, 0.15) is 0 Å². The van der Waals surface area contributed by atoms with Crippen molar-refractivity contribution in [2.24, 2.45) is 0 Å². The Hall–Kier alpha value is -2.19. The maximum Gasteiger partial charge on any atom is 0.384 e. The van der Waals surface area contributed by atoms with Crippen LogP contribution in [0.2, 0.25) is 0 Å². The van der Waals surface area contributed by atoms with Gasteiger partial charge in [0.2, 0.25) is 11.6 Å². The molecule has 1 aromatic carbocycles. The highest BCUT2D eigenvalue weighted by atomic mass is 19.2. The molecule has 1 rings (SSSR count). The maximum absolute atomic E-state index is 12.8. The van der Waals surface area contributed by atoms with Crippen LogP contribution in [0, 0.1) is 37.7 Å². The summed E-state index contributed by atoms with van der Waals surface area (Å²) < 4.78 is 37.8. The van der Waals surface area contributed by atoms with E-state index in [4.69, 9.17) is 0 Å². The topological polar surface area (TPSA) is 86.3 Å². The summed E-state index contributed by atoms with van der Waals surface area (Å²) in [6.45, 7) is 0. The number of hydrogen-bond donors (Lipinski definition) is 0. The Balaban J connectivity index is 3.65. The summed E-state index contributed by atoms with van der Waals surface area (Å²) in [5.41, 5.74) is -3.13. The first-order valence-electron chi connectivity index (χ1n) is 3.32. The summed E-state index contributed by atoms with van der Waals surface area (Å²) >= 11 is 0. The fraction of sp³-hybridized carbons (Fsp3) is 0. The molecule has 0 amide bonds. The van der Waals surface area contributed by atoms with Gasteiger partial charge in [0, 0.05) is 0 Å². The van der Waals surface area contributed by atoms with E-state index < -0.39 is 38.7 Å². The van der Waals surface area contributed by atoms with Crippen LogP contribution in [0.15, 0.2) is 6.07 Å². The Morgan fingerprint density at radius 3 is 1.93 bits per heavy atom. The van der Waals surface area contributed by atoms with Crippen LogP contribution in [0.25, 0.3) is 0 Å². The van der Waals surface area contributed by atoms with E-state index in [1.165, 1.54) is 0 Å². The van der Waals surface area contributed by atoms with Gasteiger partial charge in [-0.25, -0.2) is 8.78 Å². The molecule has 80 valence electrons. The van der Waals surface area contributed by atoms with Crippen LogP contribution in [-0.4, -0.2) is 9.85 Å². The van der Waals surface area contributed by atoms with Crippen molar-refractivity contribution in [2.45, 2.75) is 0 Å². The first-order valence-corrected chi connectivity index (χ1v) is 3.32. The van der Waals surface area contributed by atoms with Crippen molar-refractivity contribution >= 4 is 11.4 Å². The lowest BCUT2D eigenvalue weighted by atomic mass is 10.2. The van der Waals surface area contributed by atoms with Crippen LogP contribution < -0.4 is 0 Å². The lowest BCUT2D eigenvalue weighted by Gasteiger charge is -1.98. The van der Waals surface area contributed by atoms with Crippen molar-refractivity contribution in [3.8, 4) is 0 Å². The largest absolute Gasteiger partial charge is 0.384 e. The Morgan fingerprint density at radius 2 is 1.53 bits per heavy atom. The quantitative estimate of drug-likeness (QED) is 0.434. The molecule has 0 aliphatic carbocycles. The van der Waals surface area contributed by atoms with Crippen molar-refractivity contribution in [3.05, 3.63) is 43.7 Å². The molecule has 0 heterocycles. The van der Waals surface area contributed by atoms with Gasteiger partial charge in [-0.3, -0.25) is 20.2 Å². The van der Waals surface area contributed by atoms with E-state index in [1.807, 2.05) is 0 Å². The number of benzene rings is 1. The molecule has 0 aromatic heterocycles. The van der Waals surface area contributed by atoms with Crippen molar-refractivity contribution in [2.75, 3.05) is 0 Å². The molecule has 0 N–H and O–H groups in total. The number of nitrogens with zero attached hydrogens (tertiary/aromatic N) is 2. The van der Waals surface area contributed by atoms with Gasteiger partial charge in [-0.15, -0.1) is 0 Å². The first kappa shape index (κ1) is 10.9. The summed E-state index contributed by atoms with van der Waals surface area (Å²) in [4.78, 5) is 17.5. The van der Waals surface area contributed by atoms with Gasteiger partial charge in [0.05, 0.1) is 15.9 Å². The van der Waals surface area contributed by atoms with Crippen molar-refractivity contribution < 1.29 is 23.0 Å². The minimum absolute atomic E-state index is 0.0451. The van der Waals surface area contributed by atoms with E-state index in [1.54, 1.807) is 0 Å². The molecule has 0 saturated heterocycles. The SMILES string of the molecule is O=[N+]([O-])c1cc(F)c(F)c(F)c1[N+](=O)[O-]. The molecule has 0 bridgehead atoms. The molecule has 15 heavy (non-hydrogen) atoms. The van der Waals surface area contributed by atoms with Crippen LogP contribution >= 0.6 is 0 Å². The Kier molecular flexibility index (Phi) is 2.55. The predicted molar refractivity (Wildman–Crippen MR) is 39.6 cm³/mol. The fourth-order valence-electron chi connectivity index (χ4n) is 0.886. The number of hydrogen-bond acceptors (Lipinski definition) is 4. The van der Waals surface area contributed by atoms with Crippen LogP contribution in [-0.2, 0) is 0 Å². The van der Waals surface area contributed by atoms with Crippen LogP contribution in [0.3, 0.4) is 0 Å². The fourth-order valence-corrected chi connectivity index (χ4v) is 0.886. The van der Waals surface area contributed by atoms with Gasteiger partial charge >= 0.3 is 11.4 Å². The maximum atomic E-state index is 12.8. The Bertz CT molecular complexity index is 462. The van der Waals surface area contributed by atoms with E-state index in [0.717, 1.165) is 0 Å². The van der Waals surface area contributed by atoms with Gasteiger partial charge in [-0.05, 0) is 0 Å². The highest BCUT2D eigenvalue weighted by Gasteiger charge is 2.34. The number of nitro benzene ring substituents is 2. The monoisotopic (exact) mass is 222 g/mol. The van der Waals surface area contributed by atoms with E-state index in [9.17, 15) is 33.4 Å². The second-order valence-corrected chi connectivity index (χ2v) is 2.37.